The smallest absolute Gasteiger partial charge is 0.251 e. The van der Waals surface area contributed by atoms with Gasteiger partial charge in [0, 0.05) is 41.1 Å². The van der Waals surface area contributed by atoms with Gasteiger partial charge in [0.25, 0.3) is 5.56 Å². The molecule has 1 aromatic heterocycles. The number of hydrogen-bond donors (Lipinski definition) is 1. The molecule has 0 fully saturated rings. The molecule has 1 rings (SSSR count). The first-order chi connectivity index (χ1) is 7.00. The average molecular weight is 246 g/mol. The Bertz CT molecular complexity index is 464. The third-order valence-corrected chi connectivity index (χ3v) is 3.27. The van der Waals surface area contributed by atoms with Crippen molar-refractivity contribution < 1.29 is 4.21 Å². The van der Waals surface area contributed by atoms with Crippen molar-refractivity contribution in [1.82, 2.24) is 9.55 Å². The van der Waals surface area contributed by atoms with Gasteiger partial charge in [-0.15, -0.1) is 0 Å². The van der Waals surface area contributed by atoms with Crippen LogP contribution < -0.4 is 5.56 Å². The van der Waals surface area contributed by atoms with E-state index in [2.05, 4.69) is 4.98 Å². The number of aromatic nitrogens is 2. The summed E-state index contributed by atoms with van der Waals surface area (Å²) in [4.78, 5) is 13.5. The molecule has 0 bridgehead atoms. The van der Waals surface area contributed by atoms with E-state index < -0.39 is 10.8 Å². The Morgan fingerprint density at radius 1 is 1.67 bits per heavy atom. The minimum Gasteiger partial charge on any atom is -0.322 e. The van der Waals surface area contributed by atoms with Gasteiger partial charge in [-0.25, -0.2) is 0 Å². The van der Waals surface area contributed by atoms with Crippen molar-refractivity contribution in [2.45, 2.75) is 19.4 Å². The molecule has 4 nitrogen and oxygen atoms in total. The second-order valence-corrected chi connectivity index (χ2v) is 5.37. The average Bonchev–Trinajstić information content (AvgIpc) is 2.14. The maximum Gasteiger partial charge on any atom is 0.251 e. The Morgan fingerprint density at radius 3 is 2.87 bits per heavy atom. The lowest BCUT2D eigenvalue weighted by Gasteiger charge is -2.14. The first-order valence-corrected chi connectivity index (χ1v) is 6.75. The van der Waals surface area contributed by atoms with Gasteiger partial charge in [0.05, 0.1) is 0 Å². The topological polar surface area (TPSA) is 54.9 Å². The summed E-state index contributed by atoms with van der Waals surface area (Å²) >= 11 is 5.03. The third-order valence-electron chi connectivity index (χ3n) is 2.15. The lowest BCUT2D eigenvalue weighted by molar-refractivity contribution is 0.513. The number of hydrogen-bond acceptors (Lipinski definition) is 3. The Labute approximate surface area is 95.8 Å². The zero-order chi connectivity index (χ0) is 11.4. The first-order valence-electron chi connectivity index (χ1n) is 4.62. The molecule has 0 aliphatic heterocycles. The third kappa shape index (κ3) is 3.71. The molecule has 0 aromatic carbocycles. The summed E-state index contributed by atoms with van der Waals surface area (Å²) in [7, 11) is -0.790. The highest BCUT2D eigenvalue weighted by Crippen LogP contribution is 2.09. The van der Waals surface area contributed by atoms with Crippen molar-refractivity contribution in [2.24, 2.45) is 0 Å². The van der Waals surface area contributed by atoms with Gasteiger partial charge in [0.15, 0.2) is 4.77 Å². The van der Waals surface area contributed by atoms with E-state index >= 15 is 0 Å². The van der Waals surface area contributed by atoms with Gasteiger partial charge < -0.3 is 4.57 Å². The molecule has 0 saturated heterocycles. The van der Waals surface area contributed by atoms with E-state index in [1.807, 2.05) is 11.5 Å². The molecule has 0 aliphatic rings. The molecule has 2 unspecified atom stereocenters. The van der Waals surface area contributed by atoms with Crippen LogP contribution in [0, 0.1) is 4.77 Å². The summed E-state index contributed by atoms with van der Waals surface area (Å²) in [6, 6.07) is 1.59. The van der Waals surface area contributed by atoms with Crippen LogP contribution in [0.5, 0.6) is 0 Å². The molecule has 1 aromatic rings. The Balaban J connectivity index is 2.82. The van der Waals surface area contributed by atoms with Crippen molar-refractivity contribution in [2.75, 3.05) is 12.0 Å². The maximum atomic E-state index is 10.9. The molecule has 0 radical (unpaired) electrons. The second-order valence-electron chi connectivity index (χ2n) is 3.43. The van der Waals surface area contributed by atoms with E-state index in [0.29, 0.717) is 10.5 Å². The van der Waals surface area contributed by atoms with Gasteiger partial charge in [-0.3, -0.25) is 14.0 Å². The molecule has 0 aliphatic carbocycles. The molecule has 84 valence electrons. The van der Waals surface area contributed by atoms with Crippen LogP contribution in [0.4, 0.5) is 0 Å². The largest absolute Gasteiger partial charge is 0.322 e. The number of rotatable bonds is 4. The van der Waals surface area contributed by atoms with E-state index in [0.717, 1.165) is 6.42 Å². The number of nitrogens with zero attached hydrogens (tertiary/aromatic N) is 1. The van der Waals surface area contributed by atoms with Crippen molar-refractivity contribution in [3.63, 3.8) is 0 Å². The molecule has 0 saturated carbocycles. The maximum absolute atomic E-state index is 10.9. The molecule has 6 heteroatoms. The highest BCUT2D eigenvalue weighted by Gasteiger charge is 2.05. The SMILES string of the molecule is CC(CCS(C)=O)n1ccc(=O)[nH]c1=S. The van der Waals surface area contributed by atoms with Crippen molar-refractivity contribution >= 4 is 23.0 Å². The Hall–Kier alpha value is -0.750. The van der Waals surface area contributed by atoms with Crippen LogP contribution in [-0.4, -0.2) is 25.8 Å². The van der Waals surface area contributed by atoms with Crippen LogP contribution in [0.3, 0.4) is 0 Å². The van der Waals surface area contributed by atoms with Crippen LogP contribution in [0.25, 0.3) is 0 Å². The quantitative estimate of drug-likeness (QED) is 0.813. The predicted molar refractivity (Wildman–Crippen MR) is 64.1 cm³/mol. The van der Waals surface area contributed by atoms with Crippen LogP contribution in [0.1, 0.15) is 19.4 Å². The van der Waals surface area contributed by atoms with E-state index in [4.69, 9.17) is 12.2 Å². The first kappa shape index (κ1) is 12.3. The van der Waals surface area contributed by atoms with Crippen LogP contribution in [0.15, 0.2) is 17.1 Å². The minimum atomic E-state index is -0.790. The highest BCUT2D eigenvalue weighted by molar-refractivity contribution is 7.84. The number of H-pyrrole nitrogens is 1. The zero-order valence-electron chi connectivity index (χ0n) is 8.73. The van der Waals surface area contributed by atoms with E-state index in [-0.39, 0.29) is 11.6 Å². The van der Waals surface area contributed by atoms with Gasteiger partial charge in [-0.05, 0) is 25.6 Å². The van der Waals surface area contributed by atoms with Gasteiger partial charge in [-0.2, -0.15) is 0 Å². The predicted octanol–water partition coefficient (Wildman–Crippen LogP) is 1.24. The minimum absolute atomic E-state index is 0.151. The fourth-order valence-corrected chi connectivity index (χ4v) is 2.26. The van der Waals surface area contributed by atoms with Crippen LogP contribution in [0.2, 0.25) is 0 Å². The molecule has 1 heterocycles. The zero-order valence-corrected chi connectivity index (χ0v) is 10.4. The monoisotopic (exact) mass is 246 g/mol. The van der Waals surface area contributed by atoms with Crippen molar-refractivity contribution in [3.05, 3.63) is 27.4 Å². The lowest BCUT2D eigenvalue weighted by atomic mass is 10.2. The molecule has 0 spiro atoms. The van der Waals surface area contributed by atoms with Gasteiger partial charge in [0.2, 0.25) is 0 Å². The van der Waals surface area contributed by atoms with E-state index in [1.165, 1.54) is 6.07 Å². The molecular weight excluding hydrogens is 232 g/mol. The number of aromatic amines is 1. The number of nitrogens with one attached hydrogen (secondary N) is 1. The van der Waals surface area contributed by atoms with Crippen molar-refractivity contribution in [3.8, 4) is 0 Å². The van der Waals surface area contributed by atoms with E-state index in [9.17, 15) is 9.00 Å². The van der Waals surface area contributed by atoms with Crippen molar-refractivity contribution in [1.29, 1.82) is 0 Å². The molecule has 1 N–H and O–H groups in total. The summed E-state index contributed by atoms with van der Waals surface area (Å²) in [5, 5.41) is 0. The Kier molecular flexibility index (Phi) is 4.41. The van der Waals surface area contributed by atoms with Gasteiger partial charge in [-0.1, -0.05) is 0 Å². The summed E-state index contributed by atoms with van der Waals surface area (Å²) < 4.78 is 13.2. The van der Waals surface area contributed by atoms with Gasteiger partial charge in [0.1, 0.15) is 0 Å². The fourth-order valence-electron chi connectivity index (χ4n) is 1.25. The highest BCUT2D eigenvalue weighted by atomic mass is 32.2. The normalized spacial score (nSPS) is 14.8. The summed E-state index contributed by atoms with van der Waals surface area (Å²) in [5.41, 5.74) is -0.192. The summed E-state index contributed by atoms with van der Waals surface area (Å²) in [6.07, 6.45) is 4.13. The Morgan fingerprint density at radius 2 is 2.33 bits per heavy atom. The molecule has 2 atom stereocenters. The lowest BCUT2D eigenvalue weighted by Crippen LogP contribution is -2.15. The van der Waals surface area contributed by atoms with Gasteiger partial charge >= 0.3 is 0 Å². The summed E-state index contributed by atoms with van der Waals surface area (Å²) in [6.45, 7) is 1.99. The summed E-state index contributed by atoms with van der Waals surface area (Å²) in [5.74, 6) is 0.641. The second kappa shape index (κ2) is 5.37. The standard InChI is InChI=1S/C9H14N2O2S2/c1-7(4-6-15(2)13)11-5-3-8(12)10-9(11)14/h3,5,7H,4,6H2,1-2H3,(H,10,12,14). The van der Waals surface area contributed by atoms with E-state index in [1.54, 1.807) is 12.5 Å². The fraction of sp³-hybridized carbons (Fsp3) is 0.556. The molecule has 15 heavy (non-hydrogen) atoms. The van der Waals surface area contributed by atoms with Crippen LogP contribution in [-0.2, 0) is 10.8 Å². The molecular formula is C9H14N2O2S2. The van der Waals surface area contributed by atoms with Crippen LogP contribution >= 0.6 is 12.2 Å². The molecule has 0 amide bonds.